The molecule has 1 aromatic heterocycles. The number of rotatable bonds is 1. The minimum Gasteiger partial charge on any atom is -0.410 e. The summed E-state index contributed by atoms with van der Waals surface area (Å²) in [5, 5.41) is 14.2. The van der Waals surface area contributed by atoms with E-state index in [1.165, 1.54) is 0 Å². The third-order valence-electron chi connectivity index (χ3n) is 4.75. The SMILES string of the molecule is O/N=C1\c2ccccc2-c2c1cccc2-c1ccc2ccccc2n1. The number of fused-ring (bicyclic) bond motifs is 4. The van der Waals surface area contributed by atoms with Gasteiger partial charge in [0.25, 0.3) is 0 Å². The summed E-state index contributed by atoms with van der Waals surface area (Å²) in [6, 6.07) is 26.3. The zero-order valence-electron chi connectivity index (χ0n) is 13.3. The third kappa shape index (κ3) is 1.99. The quantitative estimate of drug-likeness (QED) is 0.344. The van der Waals surface area contributed by atoms with Crippen LogP contribution in [0.5, 0.6) is 0 Å². The Morgan fingerprint density at radius 2 is 1.36 bits per heavy atom. The molecule has 1 aliphatic rings. The Morgan fingerprint density at radius 1 is 0.640 bits per heavy atom. The Hall–Kier alpha value is -3.46. The second-order valence-electron chi connectivity index (χ2n) is 6.11. The van der Waals surface area contributed by atoms with Crippen molar-refractivity contribution in [2.24, 2.45) is 5.16 Å². The van der Waals surface area contributed by atoms with Crippen molar-refractivity contribution >= 4 is 16.6 Å². The normalized spacial score (nSPS) is 13.8. The number of oxime groups is 1. The van der Waals surface area contributed by atoms with Crippen molar-refractivity contribution in [1.29, 1.82) is 0 Å². The molecule has 3 heteroatoms. The second kappa shape index (κ2) is 5.28. The van der Waals surface area contributed by atoms with E-state index < -0.39 is 0 Å². The van der Waals surface area contributed by atoms with Crippen LogP contribution in [-0.2, 0) is 0 Å². The van der Waals surface area contributed by atoms with Crippen molar-refractivity contribution in [3.8, 4) is 22.4 Å². The van der Waals surface area contributed by atoms with Gasteiger partial charge < -0.3 is 5.21 Å². The van der Waals surface area contributed by atoms with Crippen LogP contribution in [0.15, 0.2) is 84.0 Å². The summed E-state index contributed by atoms with van der Waals surface area (Å²) in [5.41, 5.74) is 7.61. The average Bonchev–Trinajstić information content (AvgIpc) is 3.01. The van der Waals surface area contributed by atoms with E-state index in [2.05, 4.69) is 35.5 Å². The van der Waals surface area contributed by atoms with Gasteiger partial charge in [-0.2, -0.15) is 0 Å². The van der Waals surface area contributed by atoms with Crippen LogP contribution in [0.2, 0.25) is 0 Å². The van der Waals surface area contributed by atoms with Gasteiger partial charge in [0.05, 0.1) is 11.2 Å². The maximum Gasteiger partial charge on any atom is 0.118 e. The molecule has 0 atom stereocenters. The number of hydrogen-bond donors (Lipinski definition) is 1. The van der Waals surface area contributed by atoms with E-state index >= 15 is 0 Å². The number of aromatic nitrogens is 1. The zero-order valence-corrected chi connectivity index (χ0v) is 13.3. The van der Waals surface area contributed by atoms with Crippen molar-refractivity contribution < 1.29 is 5.21 Å². The highest BCUT2D eigenvalue weighted by Gasteiger charge is 2.27. The van der Waals surface area contributed by atoms with Crippen molar-refractivity contribution in [1.82, 2.24) is 4.98 Å². The van der Waals surface area contributed by atoms with Gasteiger partial charge in [0, 0.05) is 27.6 Å². The first-order valence-corrected chi connectivity index (χ1v) is 8.18. The van der Waals surface area contributed by atoms with Gasteiger partial charge in [0.2, 0.25) is 0 Å². The fourth-order valence-electron chi connectivity index (χ4n) is 3.63. The third-order valence-corrected chi connectivity index (χ3v) is 4.75. The first kappa shape index (κ1) is 13.9. The van der Waals surface area contributed by atoms with Gasteiger partial charge in [-0.1, -0.05) is 71.9 Å². The summed E-state index contributed by atoms with van der Waals surface area (Å²) in [7, 11) is 0. The first-order valence-electron chi connectivity index (χ1n) is 8.18. The molecule has 0 saturated carbocycles. The van der Waals surface area contributed by atoms with E-state index in [4.69, 9.17) is 4.98 Å². The van der Waals surface area contributed by atoms with Crippen molar-refractivity contribution in [3.05, 3.63) is 90.0 Å². The van der Waals surface area contributed by atoms with Crippen molar-refractivity contribution in [2.75, 3.05) is 0 Å². The first-order chi connectivity index (χ1) is 12.4. The molecule has 25 heavy (non-hydrogen) atoms. The van der Waals surface area contributed by atoms with Gasteiger partial charge in [0.15, 0.2) is 0 Å². The summed E-state index contributed by atoms with van der Waals surface area (Å²) >= 11 is 0. The van der Waals surface area contributed by atoms with Crippen LogP contribution in [0.25, 0.3) is 33.3 Å². The van der Waals surface area contributed by atoms with E-state index in [0.29, 0.717) is 5.71 Å². The summed E-state index contributed by atoms with van der Waals surface area (Å²) < 4.78 is 0. The number of benzene rings is 3. The van der Waals surface area contributed by atoms with Gasteiger partial charge >= 0.3 is 0 Å². The fourth-order valence-corrected chi connectivity index (χ4v) is 3.63. The Bertz CT molecular complexity index is 1160. The summed E-state index contributed by atoms with van der Waals surface area (Å²) in [6.45, 7) is 0. The molecule has 3 aromatic carbocycles. The molecule has 118 valence electrons. The van der Waals surface area contributed by atoms with Gasteiger partial charge in [-0.3, -0.25) is 0 Å². The maximum atomic E-state index is 9.53. The molecule has 0 bridgehead atoms. The highest BCUT2D eigenvalue weighted by atomic mass is 16.4. The maximum absolute atomic E-state index is 9.53. The molecule has 5 rings (SSSR count). The van der Waals surface area contributed by atoms with E-state index in [1.807, 2.05) is 48.5 Å². The van der Waals surface area contributed by atoms with Crippen LogP contribution in [0.3, 0.4) is 0 Å². The lowest BCUT2D eigenvalue weighted by Gasteiger charge is -2.09. The van der Waals surface area contributed by atoms with Crippen molar-refractivity contribution in [2.45, 2.75) is 0 Å². The van der Waals surface area contributed by atoms with Crippen molar-refractivity contribution in [3.63, 3.8) is 0 Å². The Labute approximate surface area is 144 Å². The van der Waals surface area contributed by atoms with Crippen LogP contribution in [0.1, 0.15) is 11.1 Å². The Morgan fingerprint density at radius 3 is 2.24 bits per heavy atom. The molecule has 0 unspecified atom stereocenters. The smallest absolute Gasteiger partial charge is 0.118 e. The Balaban J connectivity index is 1.82. The second-order valence-corrected chi connectivity index (χ2v) is 6.11. The topological polar surface area (TPSA) is 45.5 Å². The number of hydrogen-bond acceptors (Lipinski definition) is 3. The number of pyridine rings is 1. The molecule has 1 heterocycles. The van der Waals surface area contributed by atoms with Crippen LogP contribution < -0.4 is 0 Å². The molecule has 0 radical (unpaired) electrons. The van der Waals surface area contributed by atoms with Crippen LogP contribution >= 0.6 is 0 Å². The fraction of sp³-hybridized carbons (Fsp3) is 0. The minimum absolute atomic E-state index is 0.619. The van der Waals surface area contributed by atoms with Gasteiger partial charge in [-0.05, 0) is 17.7 Å². The van der Waals surface area contributed by atoms with Crippen LogP contribution in [0.4, 0.5) is 0 Å². The molecule has 0 fully saturated rings. The largest absolute Gasteiger partial charge is 0.410 e. The van der Waals surface area contributed by atoms with Gasteiger partial charge in [0.1, 0.15) is 5.71 Å². The van der Waals surface area contributed by atoms with E-state index in [9.17, 15) is 5.21 Å². The van der Waals surface area contributed by atoms with Gasteiger partial charge in [-0.25, -0.2) is 4.98 Å². The number of nitrogens with zero attached hydrogens (tertiary/aromatic N) is 2. The molecule has 1 aliphatic carbocycles. The molecule has 0 amide bonds. The predicted octanol–water partition coefficient (Wildman–Crippen LogP) is 5.11. The summed E-state index contributed by atoms with van der Waals surface area (Å²) in [6.07, 6.45) is 0. The summed E-state index contributed by atoms with van der Waals surface area (Å²) in [5.74, 6) is 0. The molecule has 1 N–H and O–H groups in total. The standard InChI is InChI=1S/C22H14N2O/c25-24-22-16-8-3-2-7-15(16)21-17(9-5-10-18(21)22)20-13-12-14-6-1-4-11-19(14)23-20/h1-13,25H/b24-22+. The van der Waals surface area contributed by atoms with E-state index in [0.717, 1.165) is 44.4 Å². The monoisotopic (exact) mass is 322 g/mol. The van der Waals surface area contributed by atoms with Crippen LogP contribution in [-0.4, -0.2) is 15.9 Å². The average molecular weight is 322 g/mol. The molecule has 3 nitrogen and oxygen atoms in total. The summed E-state index contributed by atoms with van der Waals surface area (Å²) in [4.78, 5) is 4.84. The zero-order chi connectivity index (χ0) is 16.8. The molecular weight excluding hydrogens is 308 g/mol. The van der Waals surface area contributed by atoms with E-state index in [1.54, 1.807) is 0 Å². The molecular formula is C22H14N2O. The predicted molar refractivity (Wildman–Crippen MR) is 100 cm³/mol. The lowest BCUT2D eigenvalue weighted by Crippen LogP contribution is -1.97. The molecule has 4 aromatic rings. The minimum atomic E-state index is 0.619. The highest BCUT2D eigenvalue weighted by Crippen LogP contribution is 2.42. The molecule has 0 spiro atoms. The molecule has 0 aliphatic heterocycles. The molecule has 0 saturated heterocycles. The lowest BCUT2D eigenvalue weighted by atomic mass is 9.96. The van der Waals surface area contributed by atoms with E-state index in [-0.39, 0.29) is 0 Å². The van der Waals surface area contributed by atoms with Crippen LogP contribution in [0, 0.1) is 0 Å². The van der Waals surface area contributed by atoms with Gasteiger partial charge in [-0.15, -0.1) is 0 Å². The Kier molecular flexibility index (Phi) is 2.94. The number of para-hydroxylation sites is 1. The highest BCUT2D eigenvalue weighted by molar-refractivity contribution is 6.26. The lowest BCUT2D eigenvalue weighted by molar-refractivity contribution is 0.320.